The Hall–Kier alpha value is -0.0500. The fourth-order valence-electron chi connectivity index (χ4n) is 1.66. The van der Waals surface area contributed by atoms with Gasteiger partial charge in [-0.25, -0.2) is 0 Å². The monoisotopic (exact) mass is 234 g/mol. The maximum Gasteiger partial charge on any atom is 0.307 e. The predicted octanol–water partition coefficient (Wildman–Crippen LogP) is 2.65. The van der Waals surface area contributed by atoms with E-state index in [1.807, 2.05) is 6.92 Å². The van der Waals surface area contributed by atoms with Gasteiger partial charge in [0.05, 0.1) is 13.0 Å². The smallest absolute Gasteiger partial charge is 0.307 e. The van der Waals surface area contributed by atoms with E-state index in [1.54, 1.807) is 0 Å². The normalized spacial score (nSPS) is 20.8. The van der Waals surface area contributed by atoms with Crippen molar-refractivity contribution in [2.75, 3.05) is 6.61 Å². The second-order valence-corrected chi connectivity index (χ2v) is 5.02. The lowest BCUT2D eigenvalue weighted by molar-refractivity contribution is -0.143. The van der Waals surface area contributed by atoms with Crippen molar-refractivity contribution in [3.8, 4) is 0 Å². The molecule has 3 heteroatoms. The molecule has 1 rings (SSSR count). The molecule has 70 valence electrons. The van der Waals surface area contributed by atoms with Gasteiger partial charge >= 0.3 is 5.97 Å². The zero-order chi connectivity index (χ0) is 9.03. The topological polar surface area (TPSA) is 26.3 Å². The van der Waals surface area contributed by atoms with Crippen LogP contribution in [0.4, 0.5) is 0 Å². The molecule has 0 aromatic heterocycles. The molecule has 0 amide bonds. The van der Waals surface area contributed by atoms with Crippen LogP contribution in [0, 0.1) is 0 Å². The molecule has 1 saturated carbocycles. The largest absolute Gasteiger partial charge is 0.466 e. The first-order valence-electron chi connectivity index (χ1n) is 4.51. The summed E-state index contributed by atoms with van der Waals surface area (Å²) in [6.07, 6.45) is 5.19. The second kappa shape index (κ2) is 4.26. The molecule has 12 heavy (non-hydrogen) atoms. The molecule has 0 unspecified atom stereocenters. The minimum absolute atomic E-state index is 0.0548. The minimum atomic E-state index is -0.0729. The number of esters is 1. The molecule has 0 spiro atoms. The average molecular weight is 235 g/mol. The van der Waals surface area contributed by atoms with Gasteiger partial charge in [-0.2, -0.15) is 0 Å². The van der Waals surface area contributed by atoms with Gasteiger partial charge in [0, 0.05) is 4.32 Å². The number of hydrogen-bond donors (Lipinski definition) is 0. The Bertz CT molecular complexity index is 162. The van der Waals surface area contributed by atoms with Crippen LogP contribution in [-0.4, -0.2) is 16.9 Å². The van der Waals surface area contributed by atoms with Crippen molar-refractivity contribution in [2.24, 2.45) is 0 Å². The van der Waals surface area contributed by atoms with Crippen LogP contribution in [0.2, 0.25) is 0 Å². The fourth-order valence-corrected chi connectivity index (χ4v) is 2.45. The Morgan fingerprint density at radius 3 is 2.58 bits per heavy atom. The SMILES string of the molecule is CCOC(=O)CC1(Br)CCCC1. The van der Waals surface area contributed by atoms with Crippen LogP contribution in [0.15, 0.2) is 0 Å². The van der Waals surface area contributed by atoms with E-state index in [4.69, 9.17) is 4.74 Å². The molecule has 1 fully saturated rings. The van der Waals surface area contributed by atoms with Crippen LogP contribution in [0.1, 0.15) is 39.0 Å². The summed E-state index contributed by atoms with van der Waals surface area (Å²) < 4.78 is 4.95. The van der Waals surface area contributed by atoms with Crippen molar-refractivity contribution >= 4 is 21.9 Å². The van der Waals surface area contributed by atoms with Crippen LogP contribution < -0.4 is 0 Å². The highest BCUT2D eigenvalue weighted by Gasteiger charge is 2.33. The maximum atomic E-state index is 11.2. The van der Waals surface area contributed by atoms with Crippen LogP contribution in [-0.2, 0) is 9.53 Å². The van der Waals surface area contributed by atoms with Gasteiger partial charge in [-0.3, -0.25) is 4.79 Å². The summed E-state index contributed by atoms with van der Waals surface area (Å²) in [6.45, 7) is 2.33. The number of halogens is 1. The Morgan fingerprint density at radius 2 is 2.08 bits per heavy atom. The lowest BCUT2D eigenvalue weighted by Gasteiger charge is -2.19. The van der Waals surface area contributed by atoms with Gasteiger partial charge in [-0.1, -0.05) is 28.8 Å². The molecule has 0 N–H and O–H groups in total. The molecule has 0 aliphatic heterocycles. The lowest BCUT2D eigenvalue weighted by Crippen LogP contribution is -2.22. The summed E-state index contributed by atoms with van der Waals surface area (Å²) in [5, 5.41) is 0. The Balaban J connectivity index is 2.33. The van der Waals surface area contributed by atoms with Crippen molar-refractivity contribution < 1.29 is 9.53 Å². The highest BCUT2D eigenvalue weighted by molar-refractivity contribution is 9.10. The minimum Gasteiger partial charge on any atom is -0.466 e. The van der Waals surface area contributed by atoms with E-state index >= 15 is 0 Å². The molecule has 0 saturated heterocycles. The van der Waals surface area contributed by atoms with Gasteiger partial charge in [-0.05, 0) is 19.8 Å². The molecule has 0 heterocycles. The van der Waals surface area contributed by atoms with Crippen molar-refractivity contribution in [1.29, 1.82) is 0 Å². The summed E-state index contributed by atoms with van der Waals surface area (Å²) >= 11 is 3.62. The Morgan fingerprint density at radius 1 is 1.50 bits per heavy atom. The zero-order valence-electron chi connectivity index (χ0n) is 7.44. The van der Waals surface area contributed by atoms with E-state index in [9.17, 15) is 4.79 Å². The van der Waals surface area contributed by atoms with E-state index in [2.05, 4.69) is 15.9 Å². The van der Waals surface area contributed by atoms with Gasteiger partial charge in [0.1, 0.15) is 0 Å². The molecular weight excluding hydrogens is 220 g/mol. The first-order chi connectivity index (χ1) is 5.66. The third-order valence-corrected chi connectivity index (χ3v) is 3.34. The summed E-state index contributed by atoms with van der Waals surface area (Å²) in [4.78, 5) is 11.2. The molecule has 0 atom stereocenters. The number of ether oxygens (including phenoxy) is 1. The first-order valence-corrected chi connectivity index (χ1v) is 5.30. The van der Waals surface area contributed by atoms with E-state index in [0.717, 1.165) is 12.8 Å². The number of carbonyl (C=O) groups is 1. The van der Waals surface area contributed by atoms with E-state index in [-0.39, 0.29) is 10.3 Å². The number of hydrogen-bond acceptors (Lipinski definition) is 2. The number of carbonyl (C=O) groups excluding carboxylic acids is 1. The quantitative estimate of drug-likeness (QED) is 0.555. The summed E-state index contributed by atoms with van der Waals surface area (Å²) in [7, 11) is 0. The molecular formula is C9H15BrO2. The van der Waals surface area contributed by atoms with Crippen molar-refractivity contribution in [3.05, 3.63) is 0 Å². The first kappa shape index (κ1) is 10.0. The second-order valence-electron chi connectivity index (χ2n) is 3.34. The highest BCUT2D eigenvalue weighted by Crippen LogP contribution is 2.40. The standard InChI is InChI=1S/C9H15BrO2/c1-2-12-8(11)7-9(10)5-3-4-6-9/h2-7H2,1H3. The Labute approximate surface area is 81.8 Å². The van der Waals surface area contributed by atoms with Gasteiger partial charge < -0.3 is 4.74 Å². The van der Waals surface area contributed by atoms with Crippen LogP contribution >= 0.6 is 15.9 Å². The summed E-state index contributed by atoms with van der Waals surface area (Å²) in [5.41, 5.74) is 0. The lowest BCUT2D eigenvalue weighted by atomic mass is 10.0. The van der Waals surface area contributed by atoms with Gasteiger partial charge in [-0.15, -0.1) is 0 Å². The predicted molar refractivity (Wildman–Crippen MR) is 51.4 cm³/mol. The summed E-state index contributed by atoms with van der Waals surface area (Å²) in [6, 6.07) is 0. The fraction of sp³-hybridized carbons (Fsp3) is 0.889. The highest BCUT2D eigenvalue weighted by atomic mass is 79.9. The molecule has 0 radical (unpaired) electrons. The molecule has 0 bridgehead atoms. The average Bonchev–Trinajstić information content (AvgIpc) is 2.36. The third-order valence-electron chi connectivity index (χ3n) is 2.27. The number of alkyl halides is 1. The molecule has 2 nitrogen and oxygen atoms in total. The molecule has 1 aliphatic rings. The van der Waals surface area contributed by atoms with E-state index in [0.29, 0.717) is 13.0 Å². The molecule has 0 aromatic rings. The summed E-state index contributed by atoms with van der Waals surface area (Å²) in [5.74, 6) is -0.0729. The van der Waals surface area contributed by atoms with Crippen LogP contribution in [0.3, 0.4) is 0 Å². The maximum absolute atomic E-state index is 11.2. The van der Waals surface area contributed by atoms with Crippen LogP contribution in [0.5, 0.6) is 0 Å². The van der Waals surface area contributed by atoms with Crippen LogP contribution in [0.25, 0.3) is 0 Å². The number of rotatable bonds is 3. The Kier molecular flexibility index (Phi) is 3.56. The molecule has 0 aromatic carbocycles. The van der Waals surface area contributed by atoms with Crippen molar-refractivity contribution in [3.63, 3.8) is 0 Å². The zero-order valence-corrected chi connectivity index (χ0v) is 9.02. The van der Waals surface area contributed by atoms with E-state index < -0.39 is 0 Å². The van der Waals surface area contributed by atoms with Gasteiger partial charge in [0.15, 0.2) is 0 Å². The molecule has 1 aliphatic carbocycles. The third kappa shape index (κ3) is 2.77. The van der Waals surface area contributed by atoms with Crippen molar-refractivity contribution in [1.82, 2.24) is 0 Å². The van der Waals surface area contributed by atoms with Crippen molar-refractivity contribution in [2.45, 2.75) is 43.4 Å². The van der Waals surface area contributed by atoms with E-state index in [1.165, 1.54) is 12.8 Å². The van der Waals surface area contributed by atoms with Gasteiger partial charge in [0.25, 0.3) is 0 Å². The van der Waals surface area contributed by atoms with Gasteiger partial charge in [0.2, 0.25) is 0 Å².